The van der Waals surface area contributed by atoms with Gasteiger partial charge in [0.2, 0.25) is 5.82 Å². The molecule has 0 aliphatic rings. The van der Waals surface area contributed by atoms with E-state index >= 15 is 0 Å². The quantitative estimate of drug-likeness (QED) is 0.572. The average Bonchev–Trinajstić information content (AvgIpc) is 3.11. The molecule has 8 heteroatoms. The average molecular weight is 395 g/mol. The highest BCUT2D eigenvalue weighted by Gasteiger charge is 2.21. The van der Waals surface area contributed by atoms with Crippen molar-refractivity contribution in [2.24, 2.45) is 0 Å². The molecule has 0 saturated heterocycles. The number of imidazole rings is 1. The molecular formula is C21H25N5O3. The molecule has 3 aromatic rings. The van der Waals surface area contributed by atoms with Crippen molar-refractivity contribution in [1.82, 2.24) is 14.7 Å². The summed E-state index contributed by atoms with van der Waals surface area (Å²) in [6, 6.07) is 12.8. The Morgan fingerprint density at radius 3 is 2.55 bits per heavy atom. The van der Waals surface area contributed by atoms with E-state index in [9.17, 15) is 9.59 Å². The maximum absolute atomic E-state index is 12.8. The number of pyridine rings is 1. The molecule has 3 rings (SSSR count). The number of hydrogen-bond donors (Lipinski definition) is 2. The third-order valence-corrected chi connectivity index (χ3v) is 4.42. The number of anilines is 2. The topological polar surface area (TPSA) is 88.0 Å². The van der Waals surface area contributed by atoms with Crippen LogP contribution >= 0.6 is 0 Å². The minimum absolute atomic E-state index is 0.172. The summed E-state index contributed by atoms with van der Waals surface area (Å²) in [6.07, 6.45) is 2.41. The molecule has 0 aliphatic carbocycles. The number of carbonyl (C=O) groups is 2. The van der Waals surface area contributed by atoms with Gasteiger partial charge in [-0.1, -0.05) is 6.07 Å². The molecule has 0 spiro atoms. The number of fused-ring (bicyclic) bond motifs is 1. The third kappa shape index (κ3) is 4.72. The van der Waals surface area contributed by atoms with E-state index in [-0.39, 0.29) is 23.3 Å². The predicted molar refractivity (Wildman–Crippen MR) is 113 cm³/mol. The van der Waals surface area contributed by atoms with Crippen molar-refractivity contribution in [3.05, 3.63) is 60.2 Å². The number of nitrogens with zero attached hydrogens (tertiary/aromatic N) is 3. The zero-order valence-corrected chi connectivity index (χ0v) is 16.8. The fraction of sp³-hybridized carbons (Fsp3) is 0.286. The highest BCUT2D eigenvalue weighted by Crippen LogP contribution is 2.18. The Labute approximate surface area is 169 Å². The smallest absolute Gasteiger partial charge is 0.287 e. The predicted octanol–water partition coefficient (Wildman–Crippen LogP) is 2.42. The summed E-state index contributed by atoms with van der Waals surface area (Å²) in [5.41, 5.74) is 2.45. The number of nitrogens with one attached hydrogen (secondary N) is 2. The number of benzene rings is 1. The molecule has 2 N–H and O–H groups in total. The van der Waals surface area contributed by atoms with Gasteiger partial charge in [-0.15, -0.1) is 0 Å². The standard InChI is InChI=1S/C21H25N5O3/c1-25(2)16-10-8-15(9-11-16)23-20(27)18-17-7-4-5-13-26(17)19(24-18)21(28)22-12-6-14-29-3/h4-5,7-11,13H,6,12,14H2,1-3H3,(H,22,28)(H,23,27). The second-order valence-electron chi connectivity index (χ2n) is 6.74. The van der Waals surface area contributed by atoms with Gasteiger partial charge in [0.1, 0.15) is 0 Å². The van der Waals surface area contributed by atoms with Crippen LogP contribution in [-0.4, -0.2) is 55.6 Å². The molecule has 152 valence electrons. The fourth-order valence-corrected chi connectivity index (χ4v) is 2.90. The van der Waals surface area contributed by atoms with Crippen molar-refractivity contribution in [3.8, 4) is 0 Å². The van der Waals surface area contributed by atoms with Crippen LogP contribution in [0.25, 0.3) is 5.52 Å². The number of hydrogen-bond acceptors (Lipinski definition) is 5. The lowest BCUT2D eigenvalue weighted by Gasteiger charge is -2.12. The van der Waals surface area contributed by atoms with Gasteiger partial charge in [-0.05, 0) is 42.8 Å². The minimum atomic E-state index is -0.371. The van der Waals surface area contributed by atoms with E-state index in [0.29, 0.717) is 30.8 Å². The first kappa shape index (κ1) is 20.3. The van der Waals surface area contributed by atoms with E-state index in [1.807, 2.05) is 43.3 Å². The Balaban J connectivity index is 1.81. The normalized spacial score (nSPS) is 10.7. The van der Waals surface area contributed by atoms with Gasteiger partial charge in [-0.3, -0.25) is 14.0 Å². The number of amides is 2. The summed E-state index contributed by atoms with van der Waals surface area (Å²) in [4.78, 5) is 31.7. The molecule has 0 radical (unpaired) electrons. The molecule has 8 nitrogen and oxygen atoms in total. The monoisotopic (exact) mass is 395 g/mol. The van der Waals surface area contributed by atoms with Crippen molar-refractivity contribution in [2.45, 2.75) is 6.42 Å². The van der Waals surface area contributed by atoms with Crippen molar-refractivity contribution in [3.63, 3.8) is 0 Å². The SMILES string of the molecule is COCCCNC(=O)c1nc(C(=O)Nc2ccc(N(C)C)cc2)c2ccccn12. The number of aromatic nitrogens is 2. The van der Waals surface area contributed by atoms with Gasteiger partial charge in [0.25, 0.3) is 11.8 Å². The van der Waals surface area contributed by atoms with Crippen molar-refractivity contribution >= 4 is 28.7 Å². The minimum Gasteiger partial charge on any atom is -0.385 e. The number of ether oxygens (including phenoxy) is 1. The van der Waals surface area contributed by atoms with Crippen LogP contribution in [0.2, 0.25) is 0 Å². The van der Waals surface area contributed by atoms with Crippen molar-refractivity contribution in [1.29, 1.82) is 0 Å². The summed E-state index contributed by atoms with van der Waals surface area (Å²) in [5, 5.41) is 5.65. The maximum atomic E-state index is 12.8. The van der Waals surface area contributed by atoms with Gasteiger partial charge >= 0.3 is 0 Å². The molecule has 0 unspecified atom stereocenters. The maximum Gasteiger partial charge on any atom is 0.287 e. The molecule has 2 amide bonds. The second-order valence-corrected chi connectivity index (χ2v) is 6.74. The molecule has 0 bridgehead atoms. The van der Waals surface area contributed by atoms with E-state index in [4.69, 9.17) is 4.74 Å². The number of methoxy groups -OCH3 is 1. The van der Waals surface area contributed by atoms with Crippen LogP contribution in [0.15, 0.2) is 48.7 Å². The molecule has 0 aliphatic heterocycles. The molecular weight excluding hydrogens is 370 g/mol. The molecule has 0 saturated carbocycles. The summed E-state index contributed by atoms with van der Waals surface area (Å²) in [5.74, 6) is -0.535. The lowest BCUT2D eigenvalue weighted by atomic mass is 10.2. The number of carbonyl (C=O) groups excluding carboxylic acids is 2. The Morgan fingerprint density at radius 1 is 1.10 bits per heavy atom. The van der Waals surface area contributed by atoms with Gasteiger partial charge in [0, 0.05) is 51.9 Å². The van der Waals surface area contributed by atoms with E-state index in [1.165, 1.54) is 0 Å². The number of rotatable bonds is 8. The fourth-order valence-electron chi connectivity index (χ4n) is 2.90. The Bertz CT molecular complexity index is 995. The van der Waals surface area contributed by atoms with Crippen LogP contribution in [0.4, 0.5) is 11.4 Å². The first-order chi connectivity index (χ1) is 14.0. The van der Waals surface area contributed by atoms with Crippen LogP contribution in [0, 0.1) is 0 Å². The van der Waals surface area contributed by atoms with Crippen molar-refractivity contribution in [2.75, 3.05) is 44.6 Å². The molecule has 0 fully saturated rings. The highest BCUT2D eigenvalue weighted by molar-refractivity contribution is 6.09. The van der Waals surface area contributed by atoms with Crippen molar-refractivity contribution < 1.29 is 14.3 Å². The largest absolute Gasteiger partial charge is 0.385 e. The Morgan fingerprint density at radius 2 is 1.86 bits per heavy atom. The van der Waals surface area contributed by atoms with E-state index in [1.54, 1.807) is 35.9 Å². The van der Waals surface area contributed by atoms with E-state index in [0.717, 1.165) is 5.69 Å². The first-order valence-electron chi connectivity index (χ1n) is 9.34. The van der Waals surface area contributed by atoms with Gasteiger partial charge in [0.05, 0.1) is 5.52 Å². The van der Waals surface area contributed by atoms with Gasteiger partial charge < -0.3 is 20.3 Å². The molecule has 2 heterocycles. The van der Waals surface area contributed by atoms with Gasteiger partial charge in [-0.2, -0.15) is 0 Å². The van der Waals surface area contributed by atoms with E-state index < -0.39 is 0 Å². The first-order valence-corrected chi connectivity index (χ1v) is 9.34. The molecule has 1 aromatic carbocycles. The molecule has 0 atom stereocenters. The van der Waals surface area contributed by atoms with Crippen LogP contribution < -0.4 is 15.5 Å². The van der Waals surface area contributed by atoms with Gasteiger partial charge in [0.15, 0.2) is 5.69 Å². The molecule has 2 aromatic heterocycles. The Hall–Kier alpha value is -3.39. The van der Waals surface area contributed by atoms with Crippen LogP contribution in [0.3, 0.4) is 0 Å². The lowest BCUT2D eigenvalue weighted by molar-refractivity contribution is 0.0937. The second kappa shape index (κ2) is 9.20. The van der Waals surface area contributed by atoms with Crippen LogP contribution in [-0.2, 0) is 4.74 Å². The summed E-state index contributed by atoms with van der Waals surface area (Å²) < 4.78 is 6.61. The summed E-state index contributed by atoms with van der Waals surface area (Å²) >= 11 is 0. The Kier molecular flexibility index (Phi) is 6.46. The summed E-state index contributed by atoms with van der Waals surface area (Å²) in [6.45, 7) is 1.02. The molecule has 29 heavy (non-hydrogen) atoms. The van der Waals surface area contributed by atoms with E-state index in [2.05, 4.69) is 15.6 Å². The third-order valence-electron chi connectivity index (χ3n) is 4.42. The lowest BCUT2D eigenvalue weighted by Crippen LogP contribution is -2.27. The zero-order chi connectivity index (χ0) is 20.8. The summed E-state index contributed by atoms with van der Waals surface area (Å²) in [7, 11) is 5.52. The zero-order valence-electron chi connectivity index (χ0n) is 16.8. The highest BCUT2D eigenvalue weighted by atomic mass is 16.5. The van der Waals surface area contributed by atoms with Gasteiger partial charge in [-0.25, -0.2) is 4.98 Å². The van der Waals surface area contributed by atoms with Crippen LogP contribution in [0.1, 0.15) is 27.5 Å². The van der Waals surface area contributed by atoms with Crippen LogP contribution in [0.5, 0.6) is 0 Å².